The summed E-state index contributed by atoms with van der Waals surface area (Å²) in [7, 11) is -1.92. The van der Waals surface area contributed by atoms with Gasteiger partial charge in [0.25, 0.3) is 0 Å². The second-order valence-electron chi connectivity index (χ2n) is 3.67. The van der Waals surface area contributed by atoms with Crippen molar-refractivity contribution in [2.24, 2.45) is 4.36 Å². The van der Waals surface area contributed by atoms with Crippen molar-refractivity contribution in [2.75, 3.05) is 11.5 Å². The highest BCUT2D eigenvalue weighted by atomic mass is 32.2. The lowest BCUT2D eigenvalue weighted by molar-refractivity contribution is 0.650. The zero-order valence-corrected chi connectivity index (χ0v) is 9.00. The quantitative estimate of drug-likeness (QED) is 0.699. The van der Waals surface area contributed by atoms with E-state index in [-0.39, 0.29) is 0 Å². The molecule has 1 heterocycles. The first-order valence-corrected chi connectivity index (χ1v) is 6.91. The zero-order chi connectivity index (χ0) is 9.86. The first-order chi connectivity index (χ1) is 6.79. The maximum Gasteiger partial charge on any atom is 0.0730 e. The van der Waals surface area contributed by atoms with Gasteiger partial charge in [0, 0.05) is 11.5 Å². The molecule has 0 bridgehead atoms. The maximum atomic E-state index is 12.2. The third-order valence-corrected chi connectivity index (χ3v) is 4.85. The van der Waals surface area contributed by atoms with Gasteiger partial charge >= 0.3 is 0 Å². The van der Waals surface area contributed by atoms with Crippen LogP contribution in [0.25, 0.3) is 0 Å². The lowest BCUT2D eigenvalue weighted by atomic mass is 10.3. The van der Waals surface area contributed by atoms with Crippen LogP contribution >= 0.6 is 0 Å². The van der Waals surface area contributed by atoms with Gasteiger partial charge in [0.1, 0.15) is 0 Å². The Bertz CT molecular complexity index is 393. The van der Waals surface area contributed by atoms with Crippen LogP contribution in [-0.4, -0.2) is 15.7 Å². The summed E-state index contributed by atoms with van der Waals surface area (Å²) in [6, 6.07) is 9.66. The zero-order valence-electron chi connectivity index (χ0n) is 8.19. The van der Waals surface area contributed by atoms with Gasteiger partial charge in [-0.1, -0.05) is 24.6 Å². The summed E-state index contributed by atoms with van der Waals surface area (Å²) in [6.07, 6.45) is 3.34. The number of hydrogen-bond acceptors (Lipinski definition) is 2. The van der Waals surface area contributed by atoms with Crippen molar-refractivity contribution in [1.82, 2.24) is 0 Å². The van der Waals surface area contributed by atoms with Crippen LogP contribution in [0.5, 0.6) is 0 Å². The SMILES string of the molecule is O=S1(=Nc2ccccc2)CCCCC1. The van der Waals surface area contributed by atoms with Crippen LogP contribution in [0.4, 0.5) is 5.69 Å². The fraction of sp³-hybridized carbons (Fsp3) is 0.455. The molecule has 0 radical (unpaired) electrons. The highest BCUT2D eigenvalue weighted by Crippen LogP contribution is 2.19. The van der Waals surface area contributed by atoms with Crippen LogP contribution in [0.3, 0.4) is 0 Å². The highest BCUT2D eigenvalue weighted by molar-refractivity contribution is 7.93. The molecule has 0 aromatic heterocycles. The van der Waals surface area contributed by atoms with Crippen molar-refractivity contribution in [1.29, 1.82) is 0 Å². The monoisotopic (exact) mass is 209 g/mol. The molecule has 2 nitrogen and oxygen atoms in total. The Kier molecular flexibility index (Phi) is 2.87. The average Bonchev–Trinajstić information content (AvgIpc) is 2.19. The fourth-order valence-electron chi connectivity index (χ4n) is 1.71. The van der Waals surface area contributed by atoms with E-state index < -0.39 is 9.73 Å². The van der Waals surface area contributed by atoms with E-state index in [1.807, 2.05) is 30.3 Å². The summed E-state index contributed by atoms with van der Waals surface area (Å²) in [5.41, 5.74) is 0.861. The third kappa shape index (κ3) is 2.35. The minimum absolute atomic E-state index is 0.780. The maximum absolute atomic E-state index is 12.2. The molecule has 1 aromatic rings. The van der Waals surface area contributed by atoms with Crippen molar-refractivity contribution in [3.8, 4) is 0 Å². The molecule has 76 valence electrons. The summed E-state index contributed by atoms with van der Waals surface area (Å²) < 4.78 is 16.6. The van der Waals surface area contributed by atoms with Gasteiger partial charge < -0.3 is 0 Å². The van der Waals surface area contributed by atoms with Crippen molar-refractivity contribution in [2.45, 2.75) is 19.3 Å². The van der Waals surface area contributed by atoms with Crippen LogP contribution in [-0.2, 0) is 9.73 Å². The molecule has 1 saturated heterocycles. The van der Waals surface area contributed by atoms with Crippen molar-refractivity contribution < 1.29 is 4.21 Å². The smallest absolute Gasteiger partial charge is 0.0730 e. The molecule has 0 amide bonds. The fourth-order valence-corrected chi connectivity index (χ4v) is 3.91. The highest BCUT2D eigenvalue weighted by Gasteiger charge is 2.13. The van der Waals surface area contributed by atoms with E-state index in [0.717, 1.165) is 30.0 Å². The second kappa shape index (κ2) is 4.13. The van der Waals surface area contributed by atoms with Crippen LogP contribution in [0, 0.1) is 0 Å². The third-order valence-electron chi connectivity index (χ3n) is 2.45. The van der Waals surface area contributed by atoms with Gasteiger partial charge in [0.15, 0.2) is 0 Å². The summed E-state index contributed by atoms with van der Waals surface area (Å²) in [5, 5.41) is 0. The van der Waals surface area contributed by atoms with Crippen molar-refractivity contribution in [3.05, 3.63) is 30.3 Å². The normalized spacial score (nSPS) is 20.3. The first-order valence-electron chi connectivity index (χ1n) is 5.06. The van der Waals surface area contributed by atoms with E-state index in [1.165, 1.54) is 6.42 Å². The summed E-state index contributed by atoms with van der Waals surface area (Å²) >= 11 is 0. The van der Waals surface area contributed by atoms with Gasteiger partial charge in [-0.3, -0.25) is 0 Å². The molecule has 0 aliphatic carbocycles. The molecule has 3 heteroatoms. The van der Waals surface area contributed by atoms with Crippen LogP contribution in [0.15, 0.2) is 34.7 Å². The molecular weight excluding hydrogens is 194 g/mol. The summed E-state index contributed by atoms with van der Waals surface area (Å²) in [5.74, 6) is 1.56. The Morgan fingerprint density at radius 2 is 1.64 bits per heavy atom. The lowest BCUT2D eigenvalue weighted by Gasteiger charge is -2.14. The predicted molar refractivity (Wildman–Crippen MR) is 60.3 cm³/mol. The van der Waals surface area contributed by atoms with E-state index >= 15 is 0 Å². The molecule has 14 heavy (non-hydrogen) atoms. The minimum atomic E-state index is -1.92. The number of hydrogen-bond donors (Lipinski definition) is 0. The van der Waals surface area contributed by atoms with Crippen molar-refractivity contribution in [3.63, 3.8) is 0 Å². The topological polar surface area (TPSA) is 29.4 Å². The molecule has 0 unspecified atom stereocenters. The van der Waals surface area contributed by atoms with Gasteiger partial charge in [0.2, 0.25) is 0 Å². The van der Waals surface area contributed by atoms with Crippen molar-refractivity contribution >= 4 is 15.4 Å². The molecule has 1 aliphatic rings. The van der Waals surface area contributed by atoms with Gasteiger partial charge in [-0.2, -0.15) is 4.36 Å². The van der Waals surface area contributed by atoms with E-state index in [2.05, 4.69) is 4.36 Å². The van der Waals surface area contributed by atoms with E-state index in [1.54, 1.807) is 0 Å². The largest absolute Gasteiger partial charge is 0.249 e. The Hall–Kier alpha value is -0.830. The minimum Gasteiger partial charge on any atom is -0.249 e. The van der Waals surface area contributed by atoms with E-state index in [0.29, 0.717) is 0 Å². The predicted octanol–water partition coefficient (Wildman–Crippen LogP) is 2.97. The van der Waals surface area contributed by atoms with Crippen LogP contribution in [0.2, 0.25) is 0 Å². The lowest BCUT2D eigenvalue weighted by Crippen LogP contribution is -2.15. The van der Waals surface area contributed by atoms with Gasteiger partial charge in [-0.15, -0.1) is 0 Å². The molecule has 1 aromatic carbocycles. The number of benzene rings is 1. The number of rotatable bonds is 1. The van der Waals surface area contributed by atoms with Crippen LogP contribution < -0.4 is 0 Å². The van der Waals surface area contributed by atoms with Gasteiger partial charge in [0.05, 0.1) is 15.4 Å². The molecule has 0 N–H and O–H groups in total. The second-order valence-corrected chi connectivity index (χ2v) is 6.21. The standard InChI is InChI=1S/C11H15NOS/c13-14(9-5-2-6-10-14)12-11-7-3-1-4-8-11/h1,3-4,7-8H,2,5-6,9-10H2. The Morgan fingerprint density at radius 3 is 2.29 bits per heavy atom. The number of nitrogens with zero attached hydrogens (tertiary/aromatic N) is 1. The Balaban J connectivity index is 2.29. The molecule has 0 atom stereocenters. The molecule has 1 aliphatic heterocycles. The van der Waals surface area contributed by atoms with E-state index in [4.69, 9.17) is 0 Å². The Labute approximate surface area is 85.5 Å². The van der Waals surface area contributed by atoms with Gasteiger partial charge in [-0.25, -0.2) is 4.21 Å². The van der Waals surface area contributed by atoms with Crippen LogP contribution in [0.1, 0.15) is 19.3 Å². The Morgan fingerprint density at radius 1 is 1.00 bits per heavy atom. The first kappa shape index (κ1) is 9.71. The van der Waals surface area contributed by atoms with Gasteiger partial charge in [-0.05, 0) is 25.0 Å². The molecule has 2 rings (SSSR count). The van der Waals surface area contributed by atoms with E-state index in [9.17, 15) is 4.21 Å². The average molecular weight is 209 g/mol. The molecule has 0 saturated carbocycles. The molecular formula is C11H15NOS. The summed E-state index contributed by atoms with van der Waals surface area (Å²) in [4.78, 5) is 0. The molecule has 1 fully saturated rings. The molecule has 0 spiro atoms. The summed E-state index contributed by atoms with van der Waals surface area (Å²) in [6.45, 7) is 0.